The van der Waals surface area contributed by atoms with Gasteiger partial charge in [0, 0.05) is 5.69 Å². The number of rotatable bonds is 3. The van der Waals surface area contributed by atoms with Crippen LogP contribution in [0.4, 0.5) is 5.69 Å². The van der Waals surface area contributed by atoms with Crippen LogP contribution in [0.3, 0.4) is 0 Å². The van der Waals surface area contributed by atoms with E-state index >= 15 is 0 Å². The van der Waals surface area contributed by atoms with Gasteiger partial charge in [-0.15, -0.1) is 12.4 Å². The summed E-state index contributed by atoms with van der Waals surface area (Å²) in [5.74, 6) is 1.65. The second-order valence-corrected chi connectivity index (χ2v) is 4.74. The van der Waals surface area contributed by atoms with Crippen LogP contribution in [-0.2, 0) is 0 Å². The number of para-hydroxylation sites is 2. The zero-order valence-electron chi connectivity index (χ0n) is 11.3. The van der Waals surface area contributed by atoms with Gasteiger partial charge in [0.25, 0.3) is 0 Å². The highest BCUT2D eigenvalue weighted by Gasteiger charge is 2.19. The maximum Gasteiger partial charge on any atom is 0.161 e. The molecule has 1 aliphatic heterocycles. The van der Waals surface area contributed by atoms with Crippen molar-refractivity contribution in [2.45, 2.75) is 13.0 Å². The molecule has 0 bridgehead atoms. The first kappa shape index (κ1) is 14.5. The number of hydrogen-bond donors (Lipinski definition) is 1. The third kappa shape index (κ3) is 3.36. The molecule has 0 saturated carbocycles. The molecule has 0 spiro atoms. The van der Waals surface area contributed by atoms with Crippen molar-refractivity contribution in [1.82, 2.24) is 0 Å². The first-order chi connectivity index (χ1) is 9.31. The number of benzene rings is 2. The minimum atomic E-state index is 0. The van der Waals surface area contributed by atoms with Crippen LogP contribution in [0.25, 0.3) is 0 Å². The lowest BCUT2D eigenvalue weighted by molar-refractivity contribution is 0.0998. The Morgan fingerprint density at radius 2 is 1.75 bits per heavy atom. The maximum absolute atomic E-state index is 5.89. The fourth-order valence-corrected chi connectivity index (χ4v) is 2.07. The van der Waals surface area contributed by atoms with Crippen LogP contribution in [0.15, 0.2) is 48.5 Å². The third-order valence-electron chi connectivity index (χ3n) is 3.15. The Balaban J connectivity index is 0.00000147. The van der Waals surface area contributed by atoms with E-state index in [1.165, 1.54) is 5.56 Å². The second-order valence-electron chi connectivity index (χ2n) is 4.74. The molecule has 0 aromatic heterocycles. The third-order valence-corrected chi connectivity index (χ3v) is 3.15. The van der Waals surface area contributed by atoms with Crippen LogP contribution >= 0.6 is 12.4 Å². The average Bonchev–Trinajstić information content (AvgIpc) is 2.46. The van der Waals surface area contributed by atoms with Crippen molar-refractivity contribution < 1.29 is 9.47 Å². The average molecular weight is 292 g/mol. The number of anilines is 1. The molecule has 1 N–H and O–H groups in total. The highest BCUT2D eigenvalue weighted by atomic mass is 35.5. The second kappa shape index (κ2) is 6.53. The number of ether oxygens (including phenoxy) is 2. The fourth-order valence-electron chi connectivity index (χ4n) is 2.07. The van der Waals surface area contributed by atoms with Crippen LogP contribution in [0, 0.1) is 6.92 Å². The number of nitrogens with one attached hydrogen (secondary N) is 1. The summed E-state index contributed by atoms with van der Waals surface area (Å²) in [7, 11) is 0. The molecule has 0 fully saturated rings. The zero-order chi connectivity index (χ0) is 13.1. The molecule has 3 nitrogen and oxygen atoms in total. The molecule has 0 aliphatic carbocycles. The Labute approximate surface area is 125 Å². The molecule has 2 aromatic carbocycles. The highest BCUT2D eigenvalue weighted by Crippen LogP contribution is 2.30. The van der Waals surface area contributed by atoms with E-state index in [0.29, 0.717) is 6.61 Å². The maximum atomic E-state index is 5.89. The lowest BCUT2D eigenvalue weighted by Gasteiger charge is -2.26. The normalized spacial score (nSPS) is 16.1. The first-order valence-corrected chi connectivity index (χ1v) is 6.50. The van der Waals surface area contributed by atoms with Gasteiger partial charge < -0.3 is 14.8 Å². The van der Waals surface area contributed by atoms with E-state index in [4.69, 9.17) is 9.47 Å². The summed E-state index contributed by atoms with van der Waals surface area (Å²) in [5, 5.41) is 3.37. The van der Waals surface area contributed by atoms with Crippen molar-refractivity contribution in [3.63, 3.8) is 0 Å². The van der Waals surface area contributed by atoms with E-state index in [9.17, 15) is 0 Å². The Morgan fingerprint density at radius 1 is 1.05 bits per heavy atom. The number of hydrogen-bond acceptors (Lipinski definition) is 3. The molecule has 0 radical (unpaired) electrons. The summed E-state index contributed by atoms with van der Waals surface area (Å²) in [6, 6.07) is 16.1. The standard InChI is InChI=1S/C16H17NO2.ClH/c1-12-6-8-13(9-7-12)17-10-14-11-18-15-4-2-3-5-16(15)19-14;/h2-9,14,17H,10-11H2,1H3;1H. The van der Waals surface area contributed by atoms with Gasteiger partial charge in [0.15, 0.2) is 11.5 Å². The molecule has 2 aromatic rings. The Bertz CT molecular complexity index is 557. The predicted molar refractivity (Wildman–Crippen MR) is 83.3 cm³/mol. The lowest BCUT2D eigenvalue weighted by atomic mass is 10.2. The summed E-state index contributed by atoms with van der Waals surface area (Å²) in [4.78, 5) is 0. The van der Waals surface area contributed by atoms with Crippen molar-refractivity contribution >= 4 is 18.1 Å². The predicted octanol–water partition coefficient (Wildman–Crippen LogP) is 3.67. The molecule has 0 saturated heterocycles. The van der Waals surface area contributed by atoms with Crippen molar-refractivity contribution in [3.05, 3.63) is 54.1 Å². The zero-order valence-corrected chi connectivity index (χ0v) is 12.2. The van der Waals surface area contributed by atoms with Gasteiger partial charge in [-0.1, -0.05) is 29.8 Å². The van der Waals surface area contributed by atoms with Crippen LogP contribution in [0.2, 0.25) is 0 Å². The topological polar surface area (TPSA) is 30.5 Å². The van der Waals surface area contributed by atoms with Crippen molar-refractivity contribution in [1.29, 1.82) is 0 Å². The van der Waals surface area contributed by atoms with Gasteiger partial charge in [0.05, 0.1) is 6.54 Å². The molecule has 20 heavy (non-hydrogen) atoms. The van der Waals surface area contributed by atoms with Crippen molar-refractivity contribution in [2.24, 2.45) is 0 Å². The molecule has 1 aliphatic rings. The number of aryl methyl sites for hydroxylation is 1. The van der Waals surface area contributed by atoms with Crippen LogP contribution < -0.4 is 14.8 Å². The van der Waals surface area contributed by atoms with E-state index in [1.54, 1.807) is 0 Å². The Kier molecular flexibility index (Phi) is 4.74. The summed E-state index contributed by atoms with van der Waals surface area (Å²) < 4.78 is 11.6. The van der Waals surface area contributed by atoms with E-state index in [-0.39, 0.29) is 18.5 Å². The SMILES string of the molecule is Cc1ccc(NCC2COc3ccccc3O2)cc1.Cl. The van der Waals surface area contributed by atoms with Gasteiger partial charge in [-0.2, -0.15) is 0 Å². The van der Waals surface area contributed by atoms with Gasteiger partial charge in [-0.05, 0) is 31.2 Å². The fraction of sp³-hybridized carbons (Fsp3) is 0.250. The van der Waals surface area contributed by atoms with E-state index in [2.05, 4.69) is 36.5 Å². The monoisotopic (exact) mass is 291 g/mol. The van der Waals surface area contributed by atoms with Gasteiger partial charge >= 0.3 is 0 Å². The summed E-state index contributed by atoms with van der Waals surface area (Å²) in [6.07, 6.45) is 0.0382. The van der Waals surface area contributed by atoms with E-state index < -0.39 is 0 Å². The van der Waals surface area contributed by atoms with Gasteiger partial charge in [0.1, 0.15) is 12.7 Å². The van der Waals surface area contributed by atoms with Crippen LogP contribution in [-0.4, -0.2) is 19.3 Å². The molecule has 1 heterocycles. The minimum Gasteiger partial charge on any atom is -0.486 e. The molecule has 3 rings (SSSR count). The van der Waals surface area contributed by atoms with Gasteiger partial charge in [-0.3, -0.25) is 0 Å². The van der Waals surface area contributed by atoms with E-state index in [0.717, 1.165) is 23.7 Å². The molecule has 1 unspecified atom stereocenters. The highest BCUT2D eigenvalue weighted by molar-refractivity contribution is 5.85. The Morgan fingerprint density at radius 3 is 2.50 bits per heavy atom. The number of fused-ring (bicyclic) bond motifs is 1. The molecular weight excluding hydrogens is 274 g/mol. The lowest BCUT2D eigenvalue weighted by Crippen LogP contribution is -2.35. The quantitative estimate of drug-likeness (QED) is 0.936. The molecule has 0 amide bonds. The smallest absolute Gasteiger partial charge is 0.161 e. The largest absolute Gasteiger partial charge is 0.486 e. The van der Waals surface area contributed by atoms with Crippen molar-refractivity contribution in [3.8, 4) is 11.5 Å². The first-order valence-electron chi connectivity index (χ1n) is 6.50. The summed E-state index contributed by atoms with van der Waals surface area (Å²) >= 11 is 0. The van der Waals surface area contributed by atoms with Crippen molar-refractivity contribution in [2.75, 3.05) is 18.5 Å². The van der Waals surface area contributed by atoms with E-state index in [1.807, 2.05) is 24.3 Å². The molecule has 106 valence electrons. The van der Waals surface area contributed by atoms with Gasteiger partial charge in [0.2, 0.25) is 0 Å². The summed E-state index contributed by atoms with van der Waals surface area (Å²) in [6.45, 7) is 3.39. The molecule has 4 heteroatoms. The summed E-state index contributed by atoms with van der Waals surface area (Å²) in [5.41, 5.74) is 2.37. The Hall–Kier alpha value is -1.87. The van der Waals surface area contributed by atoms with Gasteiger partial charge in [-0.25, -0.2) is 0 Å². The molecular formula is C16H18ClNO2. The molecule has 1 atom stereocenters. The number of halogens is 1. The minimum absolute atomic E-state index is 0. The van der Waals surface area contributed by atoms with Crippen LogP contribution in [0.5, 0.6) is 11.5 Å². The van der Waals surface area contributed by atoms with Crippen LogP contribution in [0.1, 0.15) is 5.56 Å².